The first-order valence-electron chi connectivity index (χ1n) is 8.05. The first kappa shape index (κ1) is 14.7. The Balaban J connectivity index is 1.43. The van der Waals surface area contributed by atoms with Gasteiger partial charge in [-0.2, -0.15) is 0 Å². The third-order valence-corrected chi connectivity index (χ3v) is 5.97. The molecule has 114 valence electrons. The predicted octanol–water partition coefficient (Wildman–Crippen LogP) is 4.53. The van der Waals surface area contributed by atoms with Gasteiger partial charge in [-0.15, -0.1) is 0 Å². The highest BCUT2D eigenvalue weighted by atomic mass is 79.9. The molecule has 0 N–H and O–H groups in total. The summed E-state index contributed by atoms with van der Waals surface area (Å²) in [5.74, 6) is 2.71. The van der Waals surface area contributed by atoms with Crippen LogP contribution in [0.2, 0.25) is 0 Å². The van der Waals surface area contributed by atoms with Crippen molar-refractivity contribution in [2.75, 3.05) is 18.5 Å². The zero-order valence-electron chi connectivity index (χ0n) is 12.1. The Morgan fingerprint density at radius 3 is 2.15 bits per heavy atom. The van der Waals surface area contributed by atoms with Gasteiger partial charge in [0.15, 0.2) is 0 Å². The van der Waals surface area contributed by atoms with E-state index in [4.69, 9.17) is 9.47 Å². The number of hydrogen-bond acceptors (Lipinski definition) is 3. The van der Waals surface area contributed by atoms with E-state index in [0.29, 0.717) is 18.6 Å². The van der Waals surface area contributed by atoms with Gasteiger partial charge in [-0.05, 0) is 69.1 Å². The predicted molar refractivity (Wildman–Crippen MR) is 80.9 cm³/mol. The Hall–Kier alpha value is -0.250. The molecule has 4 rings (SSSR count). The van der Waals surface area contributed by atoms with Crippen LogP contribution in [0.5, 0.6) is 0 Å². The molecule has 0 aromatic rings. The average molecular weight is 345 g/mol. The summed E-state index contributed by atoms with van der Waals surface area (Å²) in [6.45, 7) is 1.07. The highest BCUT2D eigenvalue weighted by molar-refractivity contribution is 9.09. The molecule has 0 atom stereocenters. The van der Waals surface area contributed by atoms with E-state index in [1.54, 1.807) is 0 Å². The van der Waals surface area contributed by atoms with Crippen molar-refractivity contribution in [3.63, 3.8) is 0 Å². The fraction of sp³-hybridized carbons (Fsp3) is 0.938. The van der Waals surface area contributed by atoms with E-state index in [1.165, 1.54) is 38.5 Å². The van der Waals surface area contributed by atoms with Gasteiger partial charge in [0.25, 0.3) is 0 Å². The lowest BCUT2D eigenvalue weighted by Gasteiger charge is -2.56. The Morgan fingerprint density at radius 2 is 1.60 bits per heavy atom. The highest BCUT2D eigenvalue weighted by Gasteiger charge is 2.51. The summed E-state index contributed by atoms with van der Waals surface area (Å²) in [7, 11) is 0. The van der Waals surface area contributed by atoms with Crippen LogP contribution in [0.1, 0.15) is 51.4 Å². The van der Waals surface area contributed by atoms with Crippen LogP contribution in [0.3, 0.4) is 0 Å². The Labute approximate surface area is 129 Å². The molecule has 0 radical (unpaired) electrons. The van der Waals surface area contributed by atoms with E-state index in [1.807, 2.05) is 0 Å². The molecule has 4 saturated carbocycles. The maximum Gasteiger partial charge on any atom is 0.508 e. The molecule has 0 amide bonds. The normalized spacial score (nSPS) is 38.0. The number of carbonyl (C=O) groups excluding carboxylic acids is 1. The standard InChI is InChI=1S/C16H25BrO3/c17-3-1-2-4-19-15(18)20-11-16-8-12-5-13(9-16)7-14(6-12)10-16/h12-14H,1-11H2. The highest BCUT2D eigenvalue weighted by Crippen LogP contribution is 2.60. The fourth-order valence-electron chi connectivity index (χ4n) is 5.07. The van der Waals surface area contributed by atoms with E-state index in [2.05, 4.69) is 15.9 Å². The van der Waals surface area contributed by atoms with Gasteiger partial charge < -0.3 is 9.47 Å². The van der Waals surface area contributed by atoms with E-state index in [-0.39, 0.29) is 0 Å². The van der Waals surface area contributed by atoms with Crippen molar-refractivity contribution in [3.05, 3.63) is 0 Å². The minimum Gasteiger partial charge on any atom is -0.434 e. The maximum absolute atomic E-state index is 11.6. The van der Waals surface area contributed by atoms with Crippen molar-refractivity contribution >= 4 is 22.1 Å². The maximum atomic E-state index is 11.6. The van der Waals surface area contributed by atoms with E-state index in [9.17, 15) is 4.79 Å². The van der Waals surface area contributed by atoms with Gasteiger partial charge in [-0.25, -0.2) is 4.79 Å². The van der Waals surface area contributed by atoms with Crippen LogP contribution >= 0.6 is 15.9 Å². The number of halogens is 1. The first-order valence-corrected chi connectivity index (χ1v) is 9.17. The number of carbonyl (C=O) groups is 1. The number of rotatable bonds is 6. The van der Waals surface area contributed by atoms with Crippen LogP contribution in [0.15, 0.2) is 0 Å². The summed E-state index contributed by atoms with van der Waals surface area (Å²) in [6, 6.07) is 0. The quantitative estimate of drug-likeness (QED) is 0.403. The van der Waals surface area contributed by atoms with Crippen LogP contribution in [-0.2, 0) is 9.47 Å². The van der Waals surface area contributed by atoms with Crippen molar-refractivity contribution in [2.45, 2.75) is 51.4 Å². The van der Waals surface area contributed by atoms with Crippen molar-refractivity contribution in [3.8, 4) is 0 Å². The fourth-order valence-corrected chi connectivity index (χ4v) is 5.47. The molecule has 0 unspecified atom stereocenters. The van der Waals surface area contributed by atoms with Crippen molar-refractivity contribution in [1.29, 1.82) is 0 Å². The number of hydrogen-bond donors (Lipinski definition) is 0. The summed E-state index contributed by atoms with van der Waals surface area (Å²) in [5.41, 5.74) is 0.295. The van der Waals surface area contributed by atoms with Gasteiger partial charge in [-0.1, -0.05) is 15.9 Å². The second-order valence-corrected chi connectivity index (χ2v) is 7.99. The minimum atomic E-state index is -0.463. The van der Waals surface area contributed by atoms with Gasteiger partial charge in [0, 0.05) is 10.7 Å². The molecule has 0 saturated heterocycles. The van der Waals surface area contributed by atoms with Gasteiger partial charge >= 0.3 is 6.16 Å². The summed E-state index contributed by atoms with van der Waals surface area (Å²) in [6.07, 6.45) is 9.57. The largest absolute Gasteiger partial charge is 0.508 e. The van der Waals surface area contributed by atoms with Crippen molar-refractivity contribution in [2.24, 2.45) is 23.2 Å². The number of ether oxygens (including phenoxy) is 2. The third-order valence-electron chi connectivity index (χ3n) is 5.41. The lowest BCUT2D eigenvalue weighted by Crippen LogP contribution is -2.48. The molecular formula is C16H25BrO3. The van der Waals surface area contributed by atoms with Crippen LogP contribution in [0.4, 0.5) is 4.79 Å². The first-order chi connectivity index (χ1) is 9.69. The Kier molecular flexibility index (Phi) is 4.58. The van der Waals surface area contributed by atoms with E-state index >= 15 is 0 Å². The molecule has 3 nitrogen and oxygen atoms in total. The lowest BCUT2D eigenvalue weighted by atomic mass is 9.50. The van der Waals surface area contributed by atoms with E-state index < -0.39 is 6.16 Å². The van der Waals surface area contributed by atoms with Gasteiger partial charge in [-0.3, -0.25) is 0 Å². The Morgan fingerprint density at radius 1 is 1.00 bits per heavy atom. The van der Waals surface area contributed by atoms with Gasteiger partial charge in [0.05, 0.1) is 6.61 Å². The van der Waals surface area contributed by atoms with Crippen LogP contribution in [0.25, 0.3) is 0 Å². The van der Waals surface area contributed by atoms with Crippen LogP contribution in [-0.4, -0.2) is 24.7 Å². The van der Waals surface area contributed by atoms with Crippen molar-refractivity contribution in [1.82, 2.24) is 0 Å². The molecular weight excluding hydrogens is 320 g/mol. The molecule has 4 aliphatic rings. The molecule has 0 aromatic carbocycles. The summed E-state index contributed by atoms with van der Waals surface area (Å²) >= 11 is 3.37. The summed E-state index contributed by atoms with van der Waals surface area (Å²) in [4.78, 5) is 11.6. The smallest absolute Gasteiger partial charge is 0.434 e. The molecule has 4 heteroatoms. The monoisotopic (exact) mass is 344 g/mol. The summed E-state index contributed by atoms with van der Waals surface area (Å²) in [5, 5.41) is 0.957. The molecule has 4 bridgehead atoms. The second kappa shape index (κ2) is 6.25. The molecule has 0 heterocycles. The SMILES string of the molecule is O=C(OCCCCBr)OCC12CC3CC(CC(C3)C1)C2. The van der Waals surface area contributed by atoms with Crippen molar-refractivity contribution < 1.29 is 14.3 Å². The van der Waals surface area contributed by atoms with E-state index in [0.717, 1.165) is 35.9 Å². The molecule has 20 heavy (non-hydrogen) atoms. The van der Waals surface area contributed by atoms with Crippen LogP contribution < -0.4 is 0 Å². The topological polar surface area (TPSA) is 35.5 Å². The van der Waals surface area contributed by atoms with Gasteiger partial charge in [0.2, 0.25) is 0 Å². The third kappa shape index (κ3) is 3.32. The van der Waals surface area contributed by atoms with Gasteiger partial charge in [0.1, 0.15) is 6.61 Å². The summed E-state index contributed by atoms with van der Waals surface area (Å²) < 4.78 is 10.6. The van der Waals surface area contributed by atoms with Crippen LogP contribution in [0, 0.1) is 23.2 Å². The minimum absolute atomic E-state index is 0.295. The Bertz CT molecular complexity index is 320. The molecule has 4 fully saturated rings. The number of unbranched alkanes of at least 4 members (excludes halogenated alkanes) is 1. The average Bonchev–Trinajstić information content (AvgIpc) is 2.40. The zero-order valence-corrected chi connectivity index (χ0v) is 13.7. The molecule has 0 aromatic heterocycles. The molecule has 0 aliphatic heterocycles. The molecule has 0 spiro atoms. The number of alkyl halides is 1. The second-order valence-electron chi connectivity index (χ2n) is 7.20. The zero-order chi connectivity index (χ0) is 14.0. The molecule has 4 aliphatic carbocycles. The lowest BCUT2D eigenvalue weighted by molar-refractivity contribution is -0.0898.